The van der Waals surface area contributed by atoms with Crippen molar-refractivity contribution in [3.8, 4) is 11.5 Å². The van der Waals surface area contributed by atoms with Gasteiger partial charge in [-0.3, -0.25) is 4.79 Å². The number of methoxy groups -OCH3 is 2. The van der Waals surface area contributed by atoms with E-state index in [1.807, 2.05) is 16.8 Å². The van der Waals surface area contributed by atoms with Gasteiger partial charge in [-0.2, -0.15) is 0 Å². The normalized spacial score (nSPS) is 18.9. The van der Waals surface area contributed by atoms with Crippen LogP contribution in [0.2, 0.25) is 0 Å². The van der Waals surface area contributed by atoms with E-state index in [-0.39, 0.29) is 23.9 Å². The molecular weight excluding hydrogens is 496 g/mol. The molecule has 2 atom stereocenters. The molecule has 0 aromatic heterocycles. The molecule has 1 unspecified atom stereocenters. The summed E-state index contributed by atoms with van der Waals surface area (Å²) in [5.74, 6) is 2.14. The second-order valence-corrected chi connectivity index (χ2v) is 11.7. The van der Waals surface area contributed by atoms with E-state index in [1.54, 1.807) is 32.4 Å². The molecule has 3 rings (SSSR count). The number of hydrogen-bond donors (Lipinski definition) is 1. The number of carbonyl (C=O) groups is 2. The van der Waals surface area contributed by atoms with Gasteiger partial charge in [-0.25, -0.2) is 4.79 Å². The summed E-state index contributed by atoms with van der Waals surface area (Å²) in [6.07, 6.45) is 2.91. The predicted octanol–water partition coefficient (Wildman–Crippen LogP) is 3.97. The Kier molecular flexibility index (Phi) is 11.7. The third-order valence-corrected chi connectivity index (χ3v) is 7.59. The van der Waals surface area contributed by atoms with Crippen LogP contribution in [0.15, 0.2) is 18.2 Å². The van der Waals surface area contributed by atoms with Crippen molar-refractivity contribution in [2.24, 2.45) is 17.8 Å². The van der Waals surface area contributed by atoms with Crippen LogP contribution >= 0.6 is 0 Å². The molecule has 3 amide bonds. The van der Waals surface area contributed by atoms with E-state index in [1.165, 1.54) is 0 Å². The van der Waals surface area contributed by atoms with E-state index in [0.717, 1.165) is 45.4 Å². The van der Waals surface area contributed by atoms with Gasteiger partial charge in [0, 0.05) is 77.6 Å². The average Bonchev–Trinajstić information content (AvgIpc) is 3.65. The van der Waals surface area contributed by atoms with Gasteiger partial charge in [-0.15, -0.1) is 0 Å². The van der Waals surface area contributed by atoms with Gasteiger partial charge in [0.05, 0.1) is 13.7 Å². The van der Waals surface area contributed by atoms with Gasteiger partial charge in [0.2, 0.25) is 0 Å². The largest absolute Gasteiger partial charge is 0.493 e. The molecule has 0 radical (unpaired) electrons. The molecule has 9 nitrogen and oxygen atoms in total. The van der Waals surface area contributed by atoms with Gasteiger partial charge in [-0.05, 0) is 62.6 Å². The molecule has 0 bridgehead atoms. The zero-order chi connectivity index (χ0) is 28.5. The lowest BCUT2D eigenvalue weighted by atomic mass is 9.94. The quantitative estimate of drug-likeness (QED) is 0.335. The molecule has 0 spiro atoms. The van der Waals surface area contributed by atoms with Crippen molar-refractivity contribution in [2.75, 3.05) is 67.2 Å². The second-order valence-electron chi connectivity index (χ2n) is 11.7. The minimum absolute atomic E-state index is 0.0214. The van der Waals surface area contributed by atoms with E-state index in [2.05, 4.69) is 37.9 Å². The van der Waals surface area contributed by atoms with Gasteiger partial charge in [-0.1, -0.05) is 13.8 Å². The van der Waals surface area contributed by atoms with Gasteiger partial charge >= 0.3 is 6.03 Å². The van der Waals surface area contributed by atoms with Crippen LogP contribution in [-0.4, -0.2) is 106 Å². The Morgan fingerprint density at radius 2 is 1.69 bits per heavy atom. The number of urea groups is 1. The van der Waals surface area contributed by atoms with Crippen LogP contribution in [0.1, 0.15) is 57.3 Å². The van der Waals surface area contributed by atoms with Crippen LogP contribution in [0.5, 0.6) is 11.5 Å². The first-order valence-electron chi connectivity index (χ1n) is 14.5. The first-order chi connectivity index (χ1) is 18.7. The Morgan fingerprint density at radius 3 is 2.28 bits per heavy atom. The van der Waals surface area contributed by atoms with Crippen LogP contribution in [0, 0.1) is 17.8 Å². The molecule has 1 aliphatic heterocycles. The fourth-order valence-electron chi connectivity index (χ4n) is 5.34. The third kappa shape index (κ3) is 8.73. The molecule has 1 aliphatic carbocycles. The number of benzene rings is 1. The molecule has 1 aromatic rings. The van der Waals surface area contributed by atoms with Crippen molar-refractivity contribution in [1.29, 1.82) is 0 Å². The second kappa shape index (κ2) is 14.7. The smallest absolute Gasteiger partial charge is 0.320 e. The van der Waals surface area contributed by atoms with E-state index in [9.17, 15) is 9.59 Å². The molecule has 1 saturated heterocycles. The summed E-state index contributed by atoms with van der Waals surface area (Å²) in [7, 11) is 5.17. The predicted molar refractivity (Wildman–Crippen MR) is 154 cm³/mol. The Labute approximate surface area is 235 Å². The number of hydrogen-bond acceptors (Lipinski definition) is 6. The van der Waals surface area contributed by atoms with E-state index >= 15 is 0 Å². The minimum atomic E-state index is -0.0214. The zero-order valence-corrected chi connectivity index (χ0v) is 25.1. The van der Waals surface area contributed by atoms with Crippen molar-refractivity contribution in [3.05, 3.63) is 23.8 Å². The lowest BCUT2D eigenvalue weighted by molar-refractivity contribution is 0.0650. The number of ether oxygens (including phenoxy) is 3. The highest BCUT2D eigenvalue weighted by Crippen LogP contribution is 2.32. The number of rotatable bonds is 15. The topological polar surface area (TPSA) is 83.6 Å². The molecule has 1 heterocycles. The molecule has 1 N–H and O–H groups in total. The number of nitrogens with zero attached hydrogens (tertiary/aromatic N) is 3. The molecule has 1 aromatic carbocycles. The van der Waals surface area contributed by atoms with Gasteiger partial charge < -0.3 is 34.2 Å². The van der Waals surface area contributed by atoms with Crippen LogP contribution in [0.3, 0.4) is 0 Å². The summed E-state index contributed by atoms with van der Waals surface area (Å²) in [4.78, 5) is 33.0. The SMILES string of the molecule is COCCCOc1cc(C(=O)N(C[C@@H]2CNCC2CN(C(=O)N(C)CC(C)C)C2CC2)C(C)C)ccc1OC. The minimum Gasteiger partial charge on any atom is -0.493 e. The zero-order valence-electron chi connectivity index (χ0n) is 25.1. The molecule has 9 heteroatoms. The number of nitrogens with one attached hydrogen (secondary N) is 1. The molecule has 39 heavy (non-hydrogen) atoms. The van der Waals surface area contributed by atoms with E-state index < -0.39 is 0 Å². The fraction of sp³-hybridized carbons (Fsp3) is 0.733. The summed E-state index contributed by atoms with van der Waals surface area (Å²) in [5, 5.41) is 3.53. The van der Waals surface area contributed by atoms with Gasteiger partial charge in [0.25, 0.3) is 5.91 Å². The average molecular weight is 547 g/mol. The van der Waals surface area contributed by atoms with Gasteiger partial charge in [0.1, 0.15) is 0 Å². The standard InChI is InChI=1S/C30H50N4O5/c1-21(2)18-32(5)30(36)34(26-10-11-26)20-25-17-31-16-24(25)19-33(22(3)4)29(35)23-9-12-27(38-7)28(15-23)39-14-8-13-37-6/h9,12,15,21-22,24-26,31H,8,10-11,13-14,16-20H2,1-7H3/t24-,25?/m0/s1. The van der Waals surface area contributed by atoms with Crippen molar-refractivity contribution in [1.82, 2.24) is 20.0 Å². The Hall–Kier alpha value is -2.52. The molecule has 1 saturated carbocycles. The maximum Gasteiger partial charge on any atom is 0.320 e. The summed E-state index contributed by atoms with van der Waals surface area (Å²) >= 11 is 0. The van der Waals surface area contributed by atoms with Crippen LogP contribution in [0.25, 0.3) is 0 Å². The molecular formula is C30H50N4O5. The van der Waals surface area contributed by atoms with Gasteiger partial charge in [0.15, 0.2) is 11.5 Å². The summed E-state index contributed by atoms with van der Waals surface area (Å²) in [6.45, 7) is 13.3. The first-order valence-corrected chi connectivity index (χ1v) is 14.5. The number of carbonyl (C=O) groups excluding carboxylic acids is 2. The fourth-order valence-corrected chi connectivity index (χ4v) is 5.34. The van der Waals surface area contributed by atoms with Crippen LogP contribution in [0.4, 0.5) is 4.79 Å². The highest BCUT2D eigenvalue weighted by Gasteiger charge is 2.39. The van der Waals surface area contributed by atoms with Crippen LogP contribution in [-0.2, 0) is 4.74 Å². The maximum absolute atomic E-state index is 13.8. The molecule has 220 valence electrons. The van der Waals surface area contributed by atoms with E-state index in [0.29, 0.717) is 54.7 Å². The highest BCUT2D eigenvalue weighted by atomic mass is 16.5. The summed E-state index contributed by atoms with van der Waals surface area (Å²) in [5.41, 5.74) is 0.582. The maximum atomic E-state index is 13.8. The van der Waals surface area contributed by atoms with E-state index in [4.69, 9.17) is 14.2 Å². The Bertz CT molecular complexity index is 936. The van der Waals surface area contributed by atoms with Crippen molar-refractivity contribution >= 4 is 11.9 Å². The number of amides is 3. The molecule has 2 fully saturated rings. The summed E-state index contributed by atoms with van der Waals surface area (Å²) in [6, 6.07) is 5.89. The van der Waals surface area contributed by atoms with Crippen LogP contribution < -0.4 is 14.8 Å². The highest BCUT2D eigenvalue weighted by molar-refractivity contribution is 5.95. The lowest BCUT2D eigenvalue weighted by Crippen LogP contribution is -2.48. The molecule has 2 aliphatic rings. The van der Waals surface area contributed by atoms with Crippen molar-refractivity contribution in [3.63, 3.8) is 0 Å². The lowest BCUT2D eigenvalue weighted by Gasteiger charge is -2.35. The first kappa shape index (κ1) is 31.0. The monoisotopic (exact) mass is 546 g/mol. The third-order valence-electron chi connectivity index (χ3n) is 7.59. The Balaban J connectivity index is 1.70. The van der Waals surface area contributed by atoms with Crippen molar-refractivity contribution in [2.45, 2.75) is 59.0 Å². The Morgan fingerprint density at radius 1 is 1.00 bits per heavy atom. The van der Waals surface area contributed by atoms with Crippen molar-refractivity contribution < 1.29 is 23.8 Å². The summed E-state index contributed by atoms with van der Waals surface area (Å²) < 4.78 is 16.5.